The monoisotopic (exact) mass is 554 g/mol. The SMILES string of the molecule is C[C@@H](O)[C@@H]1NC(=O)C[C@@H](C(=O)NCCc2ccc3c(c2)OCCO3)NC(=O)c2ccccc2OCCCNC1=O. The van der Waals surface area contributed by atoms with Crippen LogP contribution in [-0.4, -0.2) is 79.8 Å². The molecule has 0 saturated heterocycles. The predicted molar refractivity (Wildman–Crippen MR) is 143 cm³/mol. The summed E-state index contributed by atoms with van der Waals surface area (Å²) in [7, 11) is 0. The van der Waals surface area contributed by atoms with Gasteiger partial charge in [-0.15, -0.1) is 0 Å². The first-order valence-corrected chi connectivity index (χ1v) is 13.3. The molecule has 0 fully saturated rings. The van der Waals surface area contributed by atoms with Gasteiger partial charge < -0.3 is 40.6 Å². The fraction of sp³-hybridized carbons (Fsp3) is 0.429. The van der Waals surface area contributed by atoms with E-state index in [-0.39, 0.29) is 25.3 Å². The van der Waals surface area contributed by atoms with Gasteiger partial charge in [0.2, 0.25) is 17.7 Å². The largest absolute Gasteiger partial charge is 0.493 e. The van der Waals surface area contributed by atoms with E-state index in [2.05, 4.69) is 21.3 Å². The number of aliphatic hydroxyl groups is 1. The fourth-order valence-corrected chi connectivity index (χ4v) is 4.32. The highest BCUT2D eigenvalue weighted by molar-refractivity contribution is 6.01. The second-order valence-corrected chi connectivity index (χ2v) is 9.52. The van der Waals surface area contributed by atoms with Crippen molar-refractivity contribution in [2.24, 2.45) is 0 Å². The molecule has 3 atom stereocenters. The maximum Gasteiger partial charge on any atom is 0.255 e. The number of benzene rings is 2. The minimum absolute atomic E-state index is 0.206. The number of aliphatic hydroxyl groups excluding tert-OH is 1. The third kappa shape index (κ3) is 7.63. The molecule has 4 rings (SSSR count). The van der Waals surface area contributed by atoms with Gasteiger partial charge in [-0.1, -0.05) is 18.2 Å². The standard InChI is InChI=1S/C28H34N4O8/c1-17(33)25-28(37)29-10-4-12-38-21-6-3-2-5-19(21)26(35)31-20(16-24(34)32-25)27(36)30-11-9-18-7-8-22-23(15-18)40-14-13-39-22/h2-3,5-8,15,17,20,25,33H,4,9-14,16H2,1H3,(H,29,37)(H,30,36)(H,31,35)(H,32,34)/t17-,20+,25+/m1/s1. The van der Waals surface area contributed by atoms with Crippen molar-refractivity contribution in [2.45, 2.75) is 44.4 Å². The number of nitrogens with one attached hydrogen (secondary N) is 4. The van der Waals surface area contributed by atoms with Crippen LogP contribution < -0.4 is 35.5 Å². The molecule has 0 radical (unpaired) electrons. The van der Waals surface area contributed by atoms with E-state index in [9.17, 15) is 24.3 Å². The number of carbonyl (C=O) groups excluding carboxylic acids is 4. The van der Waals surface area contributed by atoms with E-state index >= 15 is 0 Å². The Hall–Kier alpha value is -4.32. The van der Waals surface area contributed by atoms with Crippen LogP contribution in [0.25, 0.3) is 0 Å². The lowest BCUT2D eigenvalue weighted by Crippen LogP contribution is -2.55. The van der Waals surface area contributed by atoms with Gasteiger partial charge in [0.25, 0.3) is 5.91 Å². The van der Waals surface area contributed by atoms with E-state index < -0.39 is 48.2 Å². The summed E-state index contributed by atoms with van der Waals surface area (Å²) in [6.45, 7) is 3.00. The molecule has 0 saturated carbocycles. The first-order valence-electron chi connectivity index (χ1n) is 13.3. The van der Waals surface area contributed by atoms with Crippen molar-refractivity contribution in [3.8, 4) is 17.2 Å². The van der Waals surface area contributed by atoms with Gasteiger partial charge in [0, 0.05) is 13.1 Å². The third-order valence-electron chi connectivity index (χ3n) is 6.42. The Kier molecular flexibility index (Phi) is 9.79. The van der Waals surface area contributed by atoms with Crippen LogP contribution in [0.2, 0.25) is 0 Å². The summed E-state index contributed by atoms with van der Waals surface area (Å²) in [6, 6.07) is 9.60. The van der Waals surface area contributed by atoms with E-state index in [4.69, 9.17) is 14.2 Å². The van der Waals surface area contributed by atoms with Gasteiger partial charge in [-0.3, -0.25) is 19.2 Å². The predicted octanol–water partition coefficient (Wildman–Crippen LogP) is 0.0695. The van der Waals surface area contributed by atoms with Crippen LogP contribution in [0.5, 0.6) is 17.2 Å². The molecule has 2 aliphatic heterocycles. The van der Waals surface area contributed by atoms with E-state index in [1.807, 2.05) is 18.2 Å². The Morgan fingerprint density at radius 2 is 1.75 bits per heavy atom. The number of fused-ring (bicyclic) bond motifs is 2. The number of carbonyl (C=O) groups is 4. The Morgan fingerprint density at radius 3 is 2.55 bits per heavy atom. The highest BCUT2D eigenvalue weighted by atomic mass is 16.6. The lowest BCUT2D eigenvalue weighted by molar-refractivity contribution is -0.133. The number of amides is 4. The number of ether oxygens (including phenoxy) is 3. The second-order valence-electron chi connectivity index (χ2n) is 9.52. The van der Waals surface area contributed by atoms with Gasteiger partial charge in [0.1, 0.15) is 31.0 Å². The molecule has 2 aliphatic rings. The molecule has 12 nitrogen and oxygen atoms in total. The van der Waals surface area contributed by atoms with Gasteiger partial charge in [-0.05, 0) is 49.6 Å². The highest BCUT2D eigenvalue weighted by Crippen LogP contribution is 2.30. The zero-order valence-electron chi connectivity index (χ0n) is 22.2. The molecular weight excluding hydrogens is 520 g/mol. The zero-order valence-corrected chi connectivity index (χ0v) is 22.2. The molecular formula is C28H34N4O8. The summed E-state index contributed by atoms with van der Waals surface area (Å²) in [5, 5.41) is 20.6. The lowest BCUT2D eigenvalue weighted by Gasteiger charge is -2.23. The third-order valence-corrected chi connectivity index (χ3v) is 6.42. The average molecular weight is 555 g/mol. The number of rotatable bonds is 5. The average Bonchev–Trinajstić information content (AvgIpc) is 2.95. The molecule has 0 bridgehead atoms. The number of para-hydroxylation sites is 1. The van der Waals surface area contributed by atoms with Gasteiger partial charge in [-0.25, -0.2) is 0 Å². The molecule has 40 heavy (non-hydrogen) atoms. The maximum atomic E-state index is 13.2. The van der Waals surface area contributed by atoms with Crippen molar-refractivity contribution >= 4 is 23.6 Å². The van der Waals surface area contributed by atoms with E-state index in [1.54, 1.807) is 24.3 Å². The van der Waals surface area contributed by atoms with Crippen LogP contribution in [0.4, 0.5) is 0 Å². The van der Waals surface area contributed by atoms with Gasteiger partial charge in [-0.2, -0.15) is 0 Å². The van der Waals surface area contributed by atoms with Crippen molar-refractivity contribution in [3.05, 3.63) is 53.6 Å². The summed E-state index contributed by atoms with van der Waals surface area (Å²) < 4.78 is 16.9. The van der Waals surface area contributed by atoms with Gasteiger partial charge in [0.15, 0.2) is 11.5 Å². The summed E-state index contributed by atoms with van der Waals surface area (Å²) in [4.78, 5) is 51.8. The smallest absolute Gasteiger partial charge is 0.255 e. The van der Waals surface area contributed by atoms with Crippen molar-refractivity contribution < 1.29 is 38.5 Å². The van der Waals surface area contributed by atoms with Gasteiger partial charge in [0.05, 0.1) is 24.7 Å². The first-order chi connectivity index (χ1) is 19.3. The van der Waals surface area contributed by atoms with Crippen LogP contribution in [0.1, 0.15) is 35.7 Å². The van der Waals surface area contributed by atoms with Crippen LogP contribution in [-0.2, 0) is 20.8 Å². The molecule has 0 aliphatic carbocycles. The molecule has 0 spiro atoms. The fourth-order valence-electron chi connectivity index (χ4n) is 4.32. The minimum Gasteiger partial charge on any atom is -0.493 e. The molecule has 2 aromatic carbocycles. The van der Waals surface area contributed by atoms with Crippen LogP contribution >= 0.6 is 0 Å². The topological polar surface area (TPSA) is 164 Å². The van der Waals surface area contributed by atoms with Crippen molar-refractivity contribution in [2.75, 3.05) is 32.9 Å². The van der Waals surface area contributed by atoms with Gasteiger partial charge >= 0.3 is 0 Å². The molecule has 5 N–H and O–H groups in total. The molecule has 2 aromatic rings. The Labute approximate surface area is 231 Å². The Morgan fingerprint density at radius 1 is 1.00 bits per heavy atom. The van der Waals surface area contributed by atoms with Crippen molar-refractivity contribution in [1.29, 1.82) is 0 Å². The lowest BCUT2D eigenvalue weighted by atomic mass is 10.1. The normalized spacial score (nSPS) is 20.7. The van der Waals surface area contributed by atoms with Crippen LogP contribution in [0.3, 0.4) is 0 Å². The van der Waals surface area contributed by atoms with E-state index in [0.29, 0.717) is 43.3 Å². The molecule has 0 unspecified atom stereocenters. The van der Waals surface area contributed by atoms with E-state index in [0.717, 1.165) is 5.56 Å². The first kappa shape index (κ1) is 28.7. The van der Waals surface area contributed by atoms with Crippen LogP contribution in [0, 0.1) is 0 Å². The van der Waals surface area contributed by atoms with E-state index in [1.165, 1.54) is 6.92 Å². The summed E-state index contributed by atoms with van der Waals surface area (Å²) in [5.41, 5.74) is 1.11. The highest BCUT2D eigenvalue weighted by Gasteiger charge is 2.30. The van der Waals surface area contributed by atoms with Crippen molar-refractivity contribution in [3.63, 3.8) is 0 Å². The summed E-state index contributed by atoms with van der Waals surface area (Å²) in [5.74, 6) is -0.815. The quantitative estimate of drug-likeness (QED) is 0.347. The minimum atomic E-state index is -1.26. The number of hydrogen-bond donors (Lipinski definition) is 5. The zero-order chi connectivity index (χ0) is 28.5. The summed E-state index contributed by atoms with van der Waals surface area (Å²) in [6.07, 6.45) is -0.749. The molecule has 2 heterocycles. The molecule has 0 aromatic heterocycles. The van der Waals surface area contributed by atoms with Crippen molar-refractivity contribution in [1.82, 2.24) is 21.3 Å². The second kappa shape index (κ2) is 13.7. The number of hydrogen-bond acceptors (Lipinski definition) is 8. The Bertz CT molecular complexity index is 1230. The maximum absolute atomic E-state index is 13.2. The summed E-state index contributed by atoms with van der Waals surface area (Å²) >= 11 is 0. The van der Waals surface area contributed by atoms with Crippen LogP contribution in [0.15, 0.2) is 42.5 Å². The molecule has 4 amide bonds. The molecule has 214 valence electrons. The Balaban J connectivity index is 1.48. The molecule has 12 heteroatoms.